The van der Waals surface area contributed by atoms with E-state index in [1.807, 2.05) is 0 Å². The molecule has 1 atom stereocenters. The molecule has 25 heavy (non-hydrogen) atoms. The normalized spacial score (nSPS) is 12.1. The predicted molar refractivity (Wildman–Crippen MR) is 90.4 cm³/mol. The molecule has 0 fully saturated rings. The predicted octanol–water partition coefficient (Wildman–Crippen LogP) is 1.39. The highest BCUT2D eigenvalue weighted by Gasteiger charge is 2.14. The van der Waals surface area contributed by atoms with Crippen LogP contribution in [0.5, 0.6) is 0 Å². The van der Waals surface area contributed by atoms with Gasteiger partial charge >= 0.3 is 0 Å². The number of nitrogens with one attached hydrogen (secondary N) is 1. The van der Waals surface area contributed by atoms with Crippen LogP contribution in [0.15, 0.2) is 59.5 Å². The summed E-state index contributed by atoms with van der Waals surface area (Å²) in [5.74, 6) is -1.04. The van der Waals surface area contributed by atoms with Gasteiger partial charge in [-0.15, -0.1) is 0 Å². The summed E-state index contributed by atoms with van der Waals surface area (Å²) < 4.78 is 14.6. The monoisotopic (exact) mass is 341 g/mol. The van der Waals surface area contributed by atoms with E-state index in [2.05, 4.69) is 10.4 Å². The summed E-state index contributed by atoms with van der Waals surface area (Å²) in [4.78, 5) is 24.3. The van der Waals surface area contributed by atoms with Crippen molar-refractivity contribution >= 4 is 16.7 Å². The highest BCUT2D eigenvalue weighted by Crippen LogP contribution is 2.15. The first-order valence-electron chi connectivity index (χ1n) is 7.70. The molecule has 0 aliphatic rings. The summed E-state index contributed by atoms with van der Waals surface area (Å²) in [6.45, 7) is -0.449. The number of hydrogen-bond donors (Lipinski definition) is 2. The molecule has 0 aliphatic carbocycles. The maximum atomic E-state index is 13.6. The molecule has 1 aromatic heterocycles. The molecule has 2 N–H and O–H groups in total. The lowest BCUT2D eigenvalue weighted by atomic mass is 10.1. The van der Waals surface area contributed by atoms with Crippen LogP contribution < -0.4 is 10.9 Å². The van der Waals surface area contributed by atoms with Crippen molar-refractivity contribution in [3.05, 3.63) is 76.5 Å². The molecule has 3 aromatic rings. The van der Waals surface area contributed by atoms with Gasteiger partial charge in [-0.25, -0.2) is 9.07 Å². The molecule has 0 aliphatic heterocycles. The molecule has 1 amide bonds. The number of aliphatic hydroxyl groups excluding tert-OH is 1. The van der Waals surface area contributed by atoms with Crippen LogP contribution in [0.3, 0.4) is 0 Å². The smallest absolute Gasteiger partial charge is 0.275 e. The Kier molecular flexibility index (Phi) is 4.85. The van der Waals surface area contributed by atoms with Crippen LogP contribution in [0.1, 0.15) is 11.7 Å². The topological polar surface area (TPSA) is 84.2 Å². The van der Waals surface area contributed by atoms with Crippen LogP contribution in [0, 0.1) is 5.82 Å². The van der Waals surface area contributed by atoms with Gasteiger partial charge in [0.1, 0.15) is 12.4 Å². The van der Waals surface area contributed by atoms with Crippen molar-refractivity contribution < 1.29 is 14.3 Å². The molecule has 0 bridgehead atoms. The zero-order chi connectivity index (χ0) is 17.8. The first-order chi connectivity index (χ1) is 12.1. The maximum Gasteiger partial charge on any atom is 0.275 e. The van der Waals surface area contributed by atoms with Gasteiger partial charge in [-0.2, -0.15) is 5.10 Å². The number of nitrogens with zero attached hydrogens (tertiary/aromatic N) is 2. The summed E-state index contributed by atoms with van der Waals surface area (Å²) in [7, 11) is 0. The molecule has 6 nitrogen and oxygen atoms in total. The van der Waals surface area contributed by atoms with E-state index in [1.54, 1.807) is 30.3 Å². The Labute approximate surface area is 142 Å². The van der Waals surface area contributed by atoms with Gasteiger partial charge < -0.3 is 10.4 Å². The Morgan fingerprint density at radius 3 is 2.72 bits per heavy atom. The van der Waals surface area contributed by atoms with Crippen molar-refractivity contribution in [1.82, 2.24) is 15.1 Å². The number of aliphatic hydroxyl groups is 1. The van der Waals surface area contributed by atoms with E-state index in [0.717, 1.165) is 4.68 Å². The number of aromatic nitrogens is 2. The Hall–Kier alpha value is -3.06. The molecule has 1 heterocycles. The number of carbonyl (C=O) groups is 1. The van der Waals surface area contributed by atoms with E-state index in [9.17, 15) is 19.1 Å². The maximum absolute atomic E-state index is 13.6. The molecule has 128 valence electrons. The highest BCUT2D eigenvalue weighted by molar-refractivity contribution is 5.81. The van der Waals surface area contributed by atoms with Crippen LogP contribution in [-0.4, -0.2) is 27.3 Å². The summed E-state index contributed by atoms with van der Waals surface area (Å²) in [5, 5.41) is 17.6. The van der Waals surface area contributed by atoms with Gasteiger partial charge in [0.2, 0.25) is 5.91 Å². The van der Waals surface area contributed by atoms with E-state index in [1.165, 1.54) is 24.4 Å². The van der Waals surface area contributed by atoms with Crippen LogP contribution in [-0.2, 0) is 11.3 Å². The first-order valence-corrected chi connectivity index (χ1v) is 7.70. The molecule has 0 saturated heterocycles. The molecular formula is C18H16FN3O3. The minimum absolute atomic E-state index is 0.101. The zero-order valence-electron chi connectivity index (χ0n) is 13.2. The third-order valence-electron chi connectivity index (χ3n) is 3.81. The molecule has 0 saturated carbocycles. The standard InChI is InChI=1S/C18H16FN3O3/c19-15-8-4-3-7-14(15)16(23)10-20-17(24)11-22-18(25)13-6-2-1-5-12(13)9-21-22/h1-9,16,23H,10-11H2,(H,20,24). The largest absolute Gasteiger partial charge is 0.386 e. The highest BCUT2D eigenvalue weighted by atomic mass is 19.1. The lowest BCUT2D eigenvalue weighted by Gasteiger charge is -2.13. The van der Waals surface area contributed by atoms with E-state index in [4.69, 9.17) is 0 Å². The number of rotatable bonds is 5. The molecule has 0 spiro atoms. The van der Waals surface area contributed by atoms with E-state index in [-0.39, 0.29) is 24.2 Å². The van der Waals surface area contributed by atoms with Gasteiger partial charge in [0.15, 0.2) is 0 Å². The van der Waals surface area contributed by atoms with Gasteiger partial charge in [0.25, 0.3) is 5.56 Å². The van der Waals surface area contributed by atoms with Gasteiger partial charge in [-0.3, -0.25) is 9.59 Å². The van der Waals surface area contributed by atoms with E-state index < -0.39 is 17.8 Å². The van der Waals surface area contributed by atoms with Crippen LogP contribution in [0.2, 0.25) is 0 Å². The van der Waals surface area contributed by atoms with Gasteiger partial charge in [0.05, 0.1) is 17.7 Å². The van der Waals surface area contributed by atoms with Gasteiger partial charge in [0, 0.05) is 17.5 Å². The number of carbonyl (C=O) groups excluding carboxylic acids is 1. The molecule has 2 aromatic carbocycles. The molecule has 0 radical (unpaired) electrons. The Bertz CT molecular complexity index is 971. The Morgan fingerprint density at radius 1 is 1.20 bits per heavy atom. The lowest BCUT2D eigenvalue weighted by molar-refractivity contribution is -0.122. The first kappa shape index (κ1) is 16.8. The summed E-state index contributed by atoms with van der Waals surface area (Å²) in [6, 6.07) is 12.8. The zero-order valence-corrected chi connectivity index (χ0v) is 13.2. The van der Waals surface area contributed by atoms with Crippen molar-refractivity contribution in [2.45, 2.75) is 12.6 Å². The van der Waals surface area contributed by atoms with Crippen molar-refractivity contribution in [3.8, 4) is 0 Å². The Morgan fingerprint density at radius 2 is 1.92 bits per heavy atom. The number of hydrogen-bond acceptors (Lipinski definition) is 4. The van der Waals surface area contributed by atoms with Gasteiger partial charge in [-0.05, 0) is 12.1 Å². The SMILES string of the molecule is O=C(Cn1ncc2ccccc2c1=O)NCC(O)c1ccccc1F. The summed E-state index contributed by atoms with van der Waals surface area (Å²) >= 11 is 0. The number of halogens is 1. The summed E-state index contributed by atoms with van der Waals surface area (Å²) in [5.41, 5.74) is -0.272. The molecular weight excluding hydrogens is 325 g/mol. The lowest BCUT2D eigenvalue weighted by Crippen LogP contribution is -2.35. The van der Waals surface area contributed by atoms with E-state index >= 15 is 0 Å². The fourth-order valence-corrected chi connectivity index (χ4v) is 2.50. The second-order valence-electron chi connectivity index (χ2n) is 5.54. The quantitative estimate of drug-likeness (QED) is 0.734. The van der Waals surface area contributed by atoms with Crippen molar-refractivity contribution in [3.63, 3.8) is 0 Å². The average Bonchev–Trinajstić information content (AvgIpc) is 2.63. The molecule has 7 heteroatoms. The minimum atomic E-state index is -1.17. The van der Waals surface area contributed by atoms with Gasteiger partial charge in [-0.1, -0.05) is 36.4 Å². The molecule has 1 unspecified atom stereocenters. The fourth-order valence-electron chi connectivity index (χ4n) is 2.50. The third kappa shape index (κ3) is 3.72. The second kappa shape index (κ2) is 7.23. The van der Waals surface area contributed by atoms with Crippen LogP contribution >= 0.6 is 0 Å². The third-order valence-corrected chi connectivity index (χ3v) is 3.81. The number of amides is 1. The van der Waals surface area contributed by atoms with Crippen molar-refractivity contribution in [1.29, 1.82) is 0 Å². The summed E-state index contributed by atoms with van der Waals surface area (Å²) in [6.07, 6.45) is 0.338. The number of benzene rings is 2. The van der Waals surface area contributed by atoms with Crippen LogP contribution in [0.4, 0.5) is 4.39 Å². The fraction of sp³-hybridized carbons (Fsp3) is 0.167. The molecule has 3 rings (SSSR count). The van der Waals surface area contributed by atoms with E-state index in [0.29, 0.717) is 10.8 Å². The Balaban J connectivity index is 1.66. The van der Waals surface area contributed by atoms with Crippen molar-refractivity contribution in [2.75, 3.05) is 6.54 Å². The minimum Gasteiger partial charge on any atom is -0.386 e. The van der Waals surface area contributed by atoms with Crippen LogP contribution in [0.25, 0.3) is 10.8 Å². The van der Waals surface area contributed by atoms with Crippen molar-refractivity contribution in [2.24, 2.45) is 0 Å². The average molecular weight is 341 g/mol. The number of fused-ring (bicyclic) bond motifs is 1. The second-order valence-corrected chi connectivity index (χ2v) is 5.54.